The highest BCUT2D eigenvalue weighted by Gasteiger charge is 2.30. The van der Waals surface area contributed by atoms with E-state index in [9.17, 15) is 9.59 Å². The van der Waals surface area contributed by atoms with Crippen molar-refractivity contribution in [2.45, 2.75) is 13.1 Å². The van der Waals surface area contributed by atoms with Gasteiger partial charge in [0, 0.05) is 22.0 Å². The number of amides is 3. The van der Waals surface area contributed by atoms with Crippen LogP contribution in [0.5, 0.6) is 0 Å². The van der Waals surface area contributed by atoms with Crippen molar-refractivity contribution in [3.05, 3.63) is 90.7 Å². The summed E-state index contributed by atoms with van der Waals surface area (Å²) in [6.07, 6.45) is 3.36. The van der Waals surface area contributed by atoms with E-state index in [-0.39, 0.29) is 24.9 Å². The van der Waals surface area contributed by atoms with Gasteiger partial charge in [0.05, 0.1) is 30.3 Å². The predicted molar refractivity (Wildman–Crippen MR) is 145 cm³/mol. The summed E-state index contributed by atoms with van der Waals surface area (Å²) in [6.45, 7) is 0.560. The van der Waals surface area contributed by atoms with Crippen LogP contribution in [0, 0.1) is 0 Å². The Morgan fingerprint density at radius 1 is 0.975 bits per heavy atom. The van der Waals surface area contributed by atoms with Crippen molar-refractivity contribution in [1.82, 2.24) is 40.1 Å². The monoisotopic (exact) mass is 531 g/mol. The summed E-state index contributed by atoms with van der Waals surface area (Å²) in [7, 11) is 0. The zero-order valence-electron chi connectivity index (χ0n) is 21.0. The predicted octanol–water partition coefficient (Wildman–Crippen LogP) is 3.87. The lowest BCUT2D eigenvalue weighted by Crippen LogP contribution is -2.30. The summed E-state index contributed by atoms with van der Waals surface area (Å²) < 4.78 is 7.28. The first-order valence-electron chi connectivity index (χ1n) is 12.5. The zero-order valence-corrected chi connectivity index (χ0v) is 21.0. The molecule has 40 heavy (non-hydrogen) atoms. The number of carbonyl (C=O) groups is 2. The van der Waals surface area contributed by atoms with Gasteiger partial charge in [-0.2, -0.15) is 10.1 Å². The molecule has 1 aliphatic rings. The second kappa shape index (κ2) is 9.58. The molecule has 2 N–H and O–H groups in total. The van der Waals surface area contributed by atoms with Gasteiger partial charge < -0.3 is 15.2 Å². The number of anilines is 2. The highest BCUT2D eigenvalue weighted by Crippen LogP contribution is 2.29. The van der Waals surface area contributed by atoms with Gasteiger partial charge >= 0.3 is 6.03 Å². The molecular weight excluding hydrogens is 510 g/mol. The molecule has 3 aromatic heterocycles. The van der Waals surface area contributed by atoms with Gasteiger partial charge in [-0.15, -0.1) is 0 Å². The van der Waals surface area contributed by atoms with Gasteiger partial charge in [0.25, 0.3) is 5.91 Å². The molecule has 4 heterocycles. The topological polar surface area (TPSA) is 144 Å². The first-order chi connectivity index (χ1) is 19.6. The number of urea groups is 1. The second-order valence-electron chi connectivity index (χ2n) is 9.29. The Bertz CT molecular complexity index is 1880. The second-order valence-corrected chi connectivity index (χ2v) is 9.29. The standard InChI is InChI=1S/C28H21N9O3/c38-25-13-29-28(39)36(25)15-24-34-26(35-40-24)18-6-8-22-21(11-18)27(31-16-30-22)33-20-7-9-23-19(10-20)12-32-37(23)14-17-4-2-1-3-5-17/h1-12,16H,13-15H2,(H,29,39)(H,30,31,33). The Morgan fingerprint density at radius 3 is 2.73 bits per heavy atom. The van der Waals surface area contributed by atoms with Crippen LogP contribution < -0.4 is 10.6 Å². The number of aromatic nitrogens is 6. The van der Waals surface area contributed by atoms with Crippen LogP contribution >= 0.6 is 0 Å². The van der Waals surface area contributed by atoms with E-state index in [0.717, 1.165) is 32.4 Å². The van der Waals surface area contributed by atoms with Gasteiger partial charge in [-0.3, -0.25) is 14.4 Å². The van der Waals surface area contributed by atoms with Crippen molar-refractivity contribution in [2.24, 2.45) is 0 Å². The molecule has 1 aliphatic heterocycles. The number of benzene rings is 3. The fourth-order valence-electron chi connectivity index (χ4n) is 4.67. The Hall–Kier alpha value is -5.65. The van der Waals surface area contributed by atoms with Gasteiger partial charge in [-0.1, -0.05) is 35.5 Å². The maximum atomic E-state index is 11.9. The highest BCUT2D eigenvalue weighted by atomic mass is 16.5. The van der Waals surface area contributed by atoms with E-state index < -0.39 is 6.03 Å². The number of hydrogen-bond acceptors (Lipinski definition) is 9. The van der Waals surface area contributed by atoms with Gasteiger partial charge in [0.1, 0.15) is 18.7 Å². The van der Waals surface area contributed by atoms with Crippen LogP contribution in [-0.4, -0.2) is 53.3 Å². The average molecular weight is 532 g/mol. The van der Waals surface area contributed by atoms with Crippen LogP contribution in [0.3, 0.4) is 0 Å². The molecule has 0 aliphatic carbocycles. The van der Waals surface area contributed by atoms with Gasteiger partial charge in [-0.05, 0) is 42.0 Å². The normalized spacial score (nSPS) is 13.3. The van der Waals surface area contributed by atoms with E-state index in [1.807, 2.05) is 65.5 Å². The van der Waals surface area contributed by atoms with Crippen LogP contribution in [-0.2, 0) is 17.9 Å². The van der Waals surface area contributed by atoms with Crippen molar-refractivity contribution in [3.63, 3.8) is 0 Å². The molecule has 196 valence electrons. The van der Waals surface area contributed by atoms with E-state index in [1.165, 1.54) is 11.9 Å². The molecule has 7 rings (SSSR count). The molecular formula is C28H21N9O3. The third kappa shape index (κ3) is 4.36. The van der Waals surface area contributed by atoms with E-state index in [2.05, 4.69) is 48.0 Å². The lowest BCUT2D eigenvalue weighted by Gasteiger charge is -2.10. The highest BCUT2D eigenvalue weighted by molar-refractivity contribution is 6.01. The Balaban J connectivity index is 1.15. The van der Waals surface area contributed by atoms with Crippen LogP contribution in [0.25, 0.3) is 33.2 Å². The maximum absolute atomic E-state index is 11.9. The van der Waals surface area contributed by atoms with Gasteiger partial charge in [0.2, 0.25) is 11.7 Å². The summed E-state index contributed by atoms with van der Waals surface area (Å²) in [6, 6.07) is 21.3. The molecule has 12 nitrogen and oxygen atoms in total. The number of fused-ring (bicyclic) bond motifs is 2. The number of hydrogen-bond donors (Lipinski definition) is 2. The molecule has 0 unspecified atom stereocenters. The van der Waals surface area contributed by atoms with Crippen molar-refractivity contribution < 1.29 is 14.1 Å². The molecule has 6 aromatic rings. The van der Waals surface area contributed by atoms with Crippen molar-refractivity contribution in [3.8, 4) is 11.4 Å². The third-order valence-electron chi connectivity index (χ3n) is 6.67. The molecule has 0 saturated carbocycles. The fraction of sp³-hybridized carbons (Fsp3) is 0.107. The van der Waals surface area contributed by atoms with Gasteiger partial charge in [0.15, 0.2) is 0 Å². The molecule has 0 bridgehead atoms. The van der Waals surface area contributed by atoms with E-state index in [4.69, 9.17) is 4.52 Å². The Morgan fingerprint density at radius 2 is 1.88 bits per heavy atom. The fourth-order valence-corrected chi connectivity index (χ4v) is 4.67. The van der Waals surface area contributed by atoms with E-state index in [1.54, 1.807) is 0 Å². The summed E-state index contributed by atoms with van der Waals surface area (Å²) in [4.78, 5) is 38.0. The van der Waals surface area contributed by atoms with Crippen molar-refractivity contribution in [1.29, 1.82) is 0 Å². The van der Waals surface area contributed by atoms with Crippen LogP contribution in [0.2, 0.25) is 0 Å². The summed E-state index contributed by atoms with van der Waals surface area (Å²) >= 11 is 0. The molecule has 1 fully saturated rings. The van der Waals surface area contributed by atoms with Crippen molar-refractivity contribution in [2.75, 3.05) is 11.9 Å². The average Bonchev–Trinajstić information content (AvgIpc) is 3.70. The van der Waals surface area contributed by atoms with Crippen LogP contribution in [0.4, 0.5) is 16.3 Å². The minimum absolute atomic E-state index is 0.0385. The number of imide groups is 1. The molecule has 3 aromatic carbocycles. The number of carbonyl (C=O) groups excluding carboxylic acids is 2. The molecule has 1 saturated heterocycles. The largest absolute Gasteiger partial charge is 0.340 e. The Labute approximate surface area is 226 Å². The lowest BCUT2D eigenvalue weighted by molar-refractivity contribution is -0.125. The SMILES string of the molecule is O=C1CNC(=O)N1Cc1nc(-c2ccc3ncnc(Nc4ccc5c(cnn5Cc5ccccc5)c4)c3c2)no1. The van der Waals surface area contributed by atoms with Crippen LogP contribution in [0.15, 0.2) is 83.8 Å². The third-order valence-corrected chi connectivity index (χ3v) is 6.67. The number of nitrogens with one attached hydrogen (secondary N) is 2. The molecule has 12 heteroatoms. The summed E-state index contributed by atoms with van der Waals surface area (Å²) in [5, 5.41) is 16.2. The van der Waals surface area contributed by atoms with E-state index in [0.29, 0.717) is 23.8 Å². The van der Waals surface area contributed by atoms with E-state index >= 15 is 0 Å². The maximum Gasteiger partial charge on any atom is 0.325 e. The number of nitrogens with zero attached hydrogens (tertiary/aromatic N) is 7. The smallest absolute Gasteiger partial charge is 0.325 e. The minimum atomic E-state index is -0.481. The lowest BCUT2D eigenvalue weighted by atomic mass is 10.1. The van der Waals surface area contributed by atoms with Crippen molar-refractivity contribution >= 4 is 45.2 Å². The molecule has 0 atom stereocenters. The molecule has 3 amide bonds. The van der Waals surface area contributed by atoms with Gasteiger partial charge in [-0.25, -0.2) is 14.8 Å². The zero-order chi connectivity index (χ0) is 27.1. The first kappa shape index (κ1) is 23.5. The minimum Gasteiger partial charge on any atom is -0.340 e. The van der Waals surface area contributed by atoms with Crippen LogP contribution in [0.1, 0.15) is 11.5 Å². The quantitative estimate of drug-likeness (QED) is 0.293. The summed E-state index contributed by atoms with van der Waals surface area (Å²) in [5.74, 6) is 0.756. The first-order valence-corrected chi connectivity index (χ1v) is 12.5. The summed E-state index contributed by atoms with van der Waals surface area (Å²) in [5.41, 5.74) is 4.48. The molecule has 0 spiro atoms. The Kier molecular flexibility index (Phi) is 5.62. The molecule has 0 radical (unpaired) electrons. The number of rotatable bonds is 7.